The number of aliphatic hydroxyl groups excluding tert-OH is 1. The molecule has 1 aromatic carbocycles. The topological polar surface area (TPSA) is 78.4 Å². The molecule has 1 rings (SSSR count). The number of benzene rings is 1. The van der Waals surface area contributed by atoms with Crippen molar-refractivity contribution in [2.24, 2.45) is 5.92 Å². The van der Waals surface area contributed by atoms with Gasteiger partial charge in [-0.05, 0) is 31.4 Å². The van der Waals surface area contributed by atoms with E-state index in [-0.39, 0.29) is 12.3 Å². The molecule has 0 radical (unpaired) electrons. The zero-order valence-corrected chi connectivity index (χ0v) is 12.1. The molecule has 1 atom stereocenters. The van der Waals surface area contributed by atoms with Crippen LogP contribution in [-0.2, 0) is 0 Å². The van der Waals surface area contributed by atoms with Gasteiger partial charge < -0.3 is 15.7 Å². The molecule has 0 heterocycles. The highest BCUT2D eigenvalue weighted by molar-refractivity contribution is 5.96. The van der Waals surface area contributed by atoms with Crippen LogP contribution in [0.15, 0.2) is 24.3 Å². The molecule has 1 unspecified atom stereocenters. The highest BCUT2D eigenvalue weighted by Crippen LogP contribution is 2.11. The fourth-order valence-corrected chi connectivity index (χ4v) is 1.83. The minimum atomic E-state index is -0.552. The van der Waals surface area contributed by atoms with Gasteiger partial charge in [0.25, 0.3) is 0 Å². The lowest BCUT2D eigenvalue weighted by molar-refractivity contribution is 0.101. The molecular formula is C15H22N2O3. The summed E-state index contributed by atoms with van der Waals surface area (Å²) in [6, 6.07) is 6.33. The zero-order chi connectivity index (χ0) is 15.1. The number of Topliss-reactive ketones (excluding diaryl/α,β-unsaturated/α-hetero) is 1. The molecule has 0 saturated heterocycles. The number of nitrogens with one attached hydrogen (secondary N) is 2. The quantitative estimate of drug-likeness (QED) is 0.699. The predicted octanol–water partition coefficient (Wildman–Crippen LogP) is 2.42. The number of hydrogen-bond donors (Lipinski definition) is 3. The Bertz CT molecular complexity index is 472. The Hall–Kier alpha value is -1.88. The van der Waals surface area contributed by atoms with Gasteiger partial charge in [-0.3, -0.25) is 4.79 Å². The second kappa shape index (κ2) is 7.65. The van der Waals surface area contributed by atoms with Crippen LogP contribution < -0.4 is 10.6 Å². The maximum Gasteiger partial charge on any atom is 0.319 e. The van der Waals surface area contributed by atoms with Crippen molar-refractivity contribution in [1.82, 2.24) is 5.32 Å². The summed E-state index contributed by atoms with van der Waals surface area (Å²) in [5.74, 6) is 0.323. The van der Waals surface area contributed by atoms with E-state index in [0.29, 0.717) is 23.6 Å². The third-order valence-electron chi connectivity index (χ3n) is 2.77. The number of carbonyl (C=O) groups is 2. The van der Waals surface area contributed by atoms with Crippen molar-refractivity contribution >= 4 is 17.5 Å². The van der Waals surface area contributed by atoms with E-state index < -0.39 is 12.1 Å². The van der Waals surface area contributed by atoms with Crippen LogP contribution in [-0.4, -0.2) is 29.6 Å². The lowest BCUT2D eigenvalue weighted by atomic mass is 10.1. The molecular weight excluding hydrogens is 256 g/mol. The zero-order valence-electron chi connectivity index (χ0n) is 12.1. The van der Waals surface area contributed by atoms with Crippen molar-refractivity contribution in [1.29, 1.82) is 0 Å². The molecule has 0 aliphatic rings. The average Bonchev–Trinajstić information content (AvgIpc) is 2.36. The Balaban J connectivity index is 2.46. The Labute approximate surface area is 119 Å². The van der Waals surface area contributed by atoms with Crippen molar-refractivity contribution in [3.8, 4) is 0 Å². The van der Waals surface area contributed by atoms with E-state index in [9.17, 15) is 14.7 Å². The first kappa shape index (κ1) is 16.2. The number of urea groups is 1. The standard InChI is InChI=1S/C15H22N2O3/c1-10(2)7-14(19)9-16-15(20)17-13-6-4-5-12(8-13)11(3)18/h4-6,8,10,14,19H,7,9H2,1-3H3,(H2,16,17,20). The van der Waals surface area contributed by atoms with Crippen LogP contribution in [0.1, 0.15) is 37.6 Å². The summed E-state index contributed by atoms with van der Waals surface area (Å²) in [6.45, 7) is 5.70. The second-order valence-electron chi connectivity index (χ2n) is 5.26. The summed E-state index contributed by atoms with van der Waals surface area (Å²) in [6.07, 6.45) is 0.0874. The number of anilines is 1. The summed E-state index contributed by atoms with van der Waals surface area (Å²) < 4.78 is 0. The molecule has 0 fully saturated rings. The predicted molar refractivity (Wildman–Crippen MR) is 78.9 cm³/mol. The molecule has 0 aliphatic heterocycles. The van der Waals surface area contributed by atoms with E-state index in [1.807, 2.05) is 13.8 Å². The lowest BCUT2D eigenvalue weighted by Gasteiger charge is -2.14. The molecule has 1 aromatic rings. The monoisotopic (exact) mass is 278 g/mol. The fourth-order valence-electron chi connectivity index (χ4n) is 1.83. The summed E-state index contributed by atoms with van der Waals surface area (Å²) in [5, 5.41) is 14.9. The van der Waals surface area contributed by atoms with Gasteiger partial charge in [-0.2, -0.15) is 0 Å². The lowest BCUT2D eigenvalue weighted by Crippen LogP contribution is -2.35. The number of rotatable bonds is 6. The molecule has 0 spiro atoms. The van der Waals surface area contributed by atoms with Gasteiger partial charge in [-0.25, -0.2) is 4.79 Å². The van der Waals surface area contributed by atoms with Crippen LogP contribution in [0.4, 0.5) is 10.5 Å². The van der Waals surface area contributed by atoms with Gasteiger partial charge in [0.05, 0.1) is 6.10 Å². The third-order valence-corrected chi connectivity index (χ3v) is 2.77. The van der Waals surface area contributed by atoms with Gasteiger partial charge in [-0.15, -0.1) is 0 Å². The van der Waals surface area contributed by atoms with Crippen LogP contribution in [0, 0.1) is 5.92 Å². The molecule has 5 nitrogen and oxygen atoms in total. The van der Waals surface area contributed by atoms with Crippen LogP contribution in [0.25, 0.3) is 0 Å². The molecule has 0 bridgehead atoms. The van der Waals surface area contributed by atoms with Gasteiger partial charge in [0.15, 0.2) is 5.78 Å². The third kappa shape index (κ3) is 5.84. The molecule has 0 saturated carbocycles. The van der Waals surface area contributed by atoms with Crippen molar-refractivity contribution in [2.45, 2.75) is 33.3 Å². The van der Waals surface area contributed by atoms with Crippen molar-refractivity contribution < 1.29 is 14.7 Å². The molecule has 0 aliphatic carbocycles. The summed E-state index contributed by atoms with van der Waals surface area (Å²) in [5.41, 5.74) is 1.09. The smallest absolute Gasteiger partial charge is 0.319 e. The fraction of sp³-hybridized carbons (Fsp3) is 0.467. The van der Waals surface area contributed by atoms with Crippen molar-refractivity contribution in [2.75, 3.05) is 11.9 Å². The highest BCUT2D eigenvalue weighted by Gasteiger charge is 2.09. The molecule has 20 heavy (non-hydrogen) atoms. The highest BCUT2D eigenvalue weighted by atomic mass is 16.3. The Morgan fingerprint density at radius 1 is 1.30 bits per heavy atom. The SMILES string of the molecule is CC(=O)c1cccc(NC(=O)NCC(O)CC(C)C)c1. The largest absolute Gasteiger partial charge is 0.391 e. The number of aliphatic hydroxyl groups is 1. The minimum absolute atomic E-state index is 0.0542. The summed E-state index contributed by atoms with van der Waals surface area (Å²) >= 11 is 0. The Kier molecular flexibility index (Phi) is 6.18. The molecule has 5 heteroatoms. The Morgan fingerprint density at radius 2 is 2.00 bits per heavy atom. The number of hydrogen-bond acceptors (Lipinski definition) is 3. The van der Waals surface area contributed by atoms with E-state index >= 15 is 0 Å². The number of amides is 2. The molecule has 110 valence electrons. The van der Waals surface area contributed by atoms with Crippen molar-refractivity contribution in [3.63, 3.8) is 0 Å². The summed E-state index contributed by atoms with van der Waals surface area (Å²) in [4.78, 5) is 22.9. The maximum atomic E-state index is 11.7. The van der Waals surface area contributed by atoms with Crippen LogP contribution in [0.2, 0.25) is 0 Å². The van der Waals surface area contributed by atoms with Crippen LogP contribution in [0.5, 0.6) is 0 Å². The molecule has 2 amide bonds. The summed E-state index contributed by atoms with van der Waals surface area (Å²) in [7, 11) is 0. The van der Waals surface area contributed by atoms with Crippen molar-refractivity contribution in [3.05, 3.63) is 29.8 Å². The van der Waals surface area contributed by atoms with Gasteiger partial charge in [0.2, 0.25) is 0 Å². The van der Waals surface area contributed by atoms with E-state index in [4.69, 9.17) is 0 Å². The number of ketones is 1. The first-order valence-electron chi connectivity index (χ1n) is 6.72. The normalized spacial score (nSPS) is 12.1. The van der Waals surface area contributed by atoms with E-state index in [1.165, 1.54) is 6.92 Å². The molecule has 0 aromatic heterocycles. The Morgan fingerprint density at radius 3 is 2.60 bits per heavy atom. The maximum absolute atomic E-state index is 11.7. The first-order chi connectivity index (χ1) is 9.38. The molecule has 3 N–H and O–H groups in total. The van der Waals surface area contributed by atoms with E-state index in [0.717, 1.165) is 0 Å². The van der Waals surface area contributed by atoms with E-state index in [2.05, 4.69) is 10.6 Å². The van der Waals surface area contributed by atoms with Gasteiger partial charge in [-0.1, -0.05) is 26.0 Å². The van der Waals surface area contributed by atoms with Gasteiger partial charge in [0.1, 0.15) is 0 Å². The average molecular weight is 278 g/mol. The first-order valence-corrected chi connectivity index (χ1v) is 6.72. The van der Waals surface area contributed by atoms with Gasteiger partial charge >= 0.3 is 6.03 Å². The number of carbonyl (C=O) groups excluding carboxylic acids is 2. The minimum Gasteiger partial charge on any atom is -0.391 e. The van der Waals surface area contributed by atoms with E-state index in [1.54, 1.807) is 24.3 Å². The van der Waals surface area contributed by atoms with Gasteiger partial charge in [0, 0.05) is 17.8 Å². The van der Waals surface area contributed by atoms with Crippen LogP contribution >= 0.6 is 0 Å². The second-order valence-corrected chi connectivity index (χ2v) is 5.26. The van der Waals surface area contributed by atoms with Crippen LogP contribution in [0.3, 0.4) is 0 Å².